The average Bonchev–Trinajstić information content (AvgIpc) is 1.02. The standard InChI is InChI=1S/C18H16N2.C12H12N2.C9H14N2.C8H9F3N2.C7H7F3N2.C6H4Cl4N2.C6H4F4N2/c19-17-8-2-6-15(11-17)13-4-1-5-14(10-13)16-7-3-9-18(20)12-16;13-10-6-7-12(14)11(8-10)9-4-2-1-3-5-9;1-5-4-6(2)9(11)7(3)8(5)10;1-4-2-7(13)5(3-6(4)12)8(9,10)11;8-7(9,10)4-1-5(11)3-6(12)2-4;2*7-1-2(8)6(12)4(10)3(9)5(1)11/h1-12H,19-20H2;1-8H,13-14H2;4H,10-11H2,1-3H3;2-3H,12-13H2,1H3;1-3H,11-12H2;2*11-12H2. The summed E-state index contributed by atoms with van der Waals surface area (Å²) < 4.78 is 123. The second kappa shape index (κ2) is 32.9. The van der Waals surface area contributed by atoms with Crippen molar-refractivity contribution in [3.63, 3.8) is 0 Å². The third kappa shape index (κ3) is 20.7. The Morgan fingerprint density at radius 1 is 0.287 bits per heavy atom. The van der Waals surface area contributed by atoms with Gasteiger partial charge in [-0.15, -0.1) is 0 Å². The Hall–Kier alpha value is -10.1. The van der Waals surface area contributed by atoms with E-state index in [1.54, 1.807) is 6.92 Å². The number of nitrogens with two attached hydrogens (primary N) is 14. The highest BCUT2D eigenvalue weighted by Gasteiger charge is 2.33. The molecule has 94 heavy (non-hydrogen) atoms. The summed E-state index contributed by atoms with van der Waals surface area (Å²) >= 11 is 22.7. The lowest BCUT2D eigenvalue weighted by molar-refractivity contribution is -0.138. The number of hydrogen-bond acceptors (Lipinski definition) is 14. The maximum atomic E-state index is 12.4. The number of rotatable bonds is 3. The molecule has 0 saturated heterocycles. The molecule has 0 radical (unpaired) electrons. The Morgan fingerprint density at radius 2 is 0.660 bits per heavy atom. The Kier molecular flexibility index (Phi) is 26.7. The van der Waals surface area contributed by atoms with Crippen molar-refractivity contribution in [1.29, 1.82) is 0 Å². The highest BCUT2D eigenvalue weighted by molar-refractivity contribution is 6.52. The summed E-state index contributed by atoms with van der Waals surface area (Å²) in [7, 11) is 0. The second-order valence-electron chi connectivity index (χ2n) is 20.4. The third-order valence-corrected chi connectivity index (χ3v) is 15.0. The van der Waals surface area contributed by atoms with Gasteiger partial charge >= 0.3 is 12.4 Å². The van der Waals surface area contributed by atoms with Gasteiger partial charge in [0.1, 0.15) is 11.4 Å². The largest absolute Gasteiger partial charge is 0.418 e. The van der Waals surface area contributed by atoms with Crippen molar-refractivity contribution < 1.29 is 43.9 Å². The summed E-state index contributed by atoms with van der Waals surface area (Å²) in [6.07, 6.45) is -8.82. The lowest BCUT2D eigenvalue weighted by Gasteiger charge is -2.11. The average molecular weight is 1390 g/mol. The van der Waals surface area contributed by atoms with Gasteiger partial charge in [0.15, 0.2) is 23.3 Å². The number of anilines is 14. The minimum atomic E-state index is -4.44. The van der Waals surface area contributed by atoms with Gasteiger partial charge in [0.2, 0.25) is 0 Å². The van der Waals surface area contributed by atoms with Crippen molar-refractivity contribution in [1.82, 2.24) is 0 Å². The fraction of sp³-hybridized carbons (Fsp3) is 0.0909. The molecule has 0 bridgehead atoms. The van der Waals surface area contributed by atoms with Crippen LogP contribution >= 0.6 is 46.4 Å². The first kappa shape index (κ1) is 76.3. The molecule has 0 heterocycles. The molecule has 0 fully saturated rings. The van der Waals surface area contributed by atoms with E-state index in [0.717, 1.165) is 102 Å². The molecular formula is C66H66Cl4F10N14. The normalized spacial score (nSPS) is 10.6. The molecule has 14 nitrogen and oxygen atoms in total. The highest BCUT2D eigenvalue weighted by Crippen LogP contribution is 2.44. The first-order chi connectivity index (χ1) is 43.7. The van der Waals surface area contributed by atoms with Gasteiger partial charge in [-0.3, -0.25) is 0 Å². The molecule has 10 aromatic rings. The van der Waals surface area contributed by atoms with E-state index in [0.29, 0.717) is 5.56 Å². The van der Waals surface area contributed by atoms with Crippen LogP contribution in [-0.4, -0.2) is 0 Å². The van der Waals surface area contributed by atoms with Gasteiger partial charge in [-0.2, -0.15) is 26.3 Å². The van der Waals surface area contributed by atoms with Crippen molar-refractivity contribution in [3.05, 3.63) is 234 Å². The van der Waals surface area contributed by atoms with Crippen molar-refractivity contribution in [3.8, 4) is 33.4 Å². The minimum absolute atomic E-state index is 0.0160. The van der Waals surface area contributed by atoms with Crippen LogP contribution in [0.4, 0.5) is 124 Å². The molecule has 498 valence electrons. The number of alkyl halides is 6. The van der Waals surface area contributed by atoms with E-state index >= 15 is 0 Å². The number of aryl methyl sites for hydroxylation is 3. The molecule has 10 rings (SSSR count). The monoisotopic (exact) mass is 1380 g/mol. The molecular weight excluding hydrogens is 1320 g/mol. The minimum Gasteiger partial charge on any atom is -0.399 e. The molecule has 0 spiro atoms. The van der Waals surface area contributed by atoms with E-state index < -0.39 is 58.1 Å². The van der Waals surface area contributed by atoms with Gasteiger partial charge in [0.05, 0.1) is 42.6 Å². The van der Waals surface area contributed by atoms with E-state index in [4.69, 9.17) is 115 Å². The number of halogens is 14. The van der Waals surface area contributed by atoms with Crippen molar-refractivity contribution >= 4 is 126 Å². The van der Waals surface area contributed by atoms with Gasteiger partial charge in [0, 0.05) is 62.4 Å². The van der Waals surface area contributed by atoms with Crippen LogP contribution in [0.3, 0.4) is 0 Å². The topological polar surface area (TPSA) is 364 Å². The molecule has 0 saturated carbocycles. The molecule has 28 heteroatoms. The van der Waals surface area contributed by atoms with Gasteiger partial charge in [-0.25, -0.2) is 17.6 Å². The molecule has 28 N–H and O–H groups in total. The van der Waals surface area contributed by atoms with Crippen LogP contribution in [0.1, 0.15) is 33.4 Å². The van der Waals surface area contributed by atoms with Crippen molar-refractivity contribution in [2.75, 3.05) is 80.3 Å². The summed E-state index contributed by atoms with van der Waals surface area (Å²) in [5.74, 6) is -6.70. The first-order valence-electron chi connectivity index (χ1n) is 27.0. The van der Waals surface area contributed by atoms with Crippen LogP contribution in [0.25, 0.3) is 33.4 Å². The summed E-state index contributed by atoms with van der Waals surface area (Å²) in [4.78, 5) is 0. The van der Waals surface area contributed by atoms with E-state index in [9.17, 15) is 43.9 Å². The Bertz CT molecular complexity index is 3910. The number of hydrogen-bond donors (Lipinski definition) is 14. The summed E-state index contributed by atoms with van der Waals surface area (Å²) in [6, 6.07) is 46.8. The molecule has 0 aliphatic carbocycles. The lowest BCUT2D eigenvalue weighted by atomic mass is 9.98. The van der Waals surface area contributed by atoms with Gasteiger partial charge in [0.25, 0.3) is 0 Å². The maximum Gasteiger partial charge on any atom is 0.418 e. The predicted molar refractivity (Wildman–Crippen MR) is 372 cm³/mol. The smallest absolute Gasteiger partial charge is 0.399 e. The quantitative estimate of drug-likeness (QED) is 0.0444. The van der Waals surface area contributed by atoms with Gasteiger partial charge in [-0.1, -0.05) is 125 Å². The van der Waals surface area contributed by atoms with Gasteiger partial charge in [-0.05, 0) is 157 Å². The zero-order valence-corrected chi connectivity index (χ0v) is 53.4. The summed E-state index contributed by atoms with van der Waals surface area (Å²) in [5, 5.41) is 0.513. The second-order valence-corrected chi connectivity index (χ2v) is 21.9. The fourth-order valence-electron chi connectivity index (χ4n) is 8.14. The molecule has 0 aliphatic rings. The van der Waals surface area contributed by atoms with Crippen LogP contribution in [-0.2, 0) is 12.4 Å². The number of nitrogen functional groups attached to an aromatic ring is 14. The molecule has 0 aliphatic heterocycles. The molecule has 0 atom stereocenters. The zero-order chi connectivity index (χ0) is 71.0. The van der Waals surface area contributed by atoms with Crippen LogP contribution in [0.2, 0.25) is 20.1 Å². The van der Waals surface area contributed by atoms with E-state index in [1.807, 2.05) is 112 Å². The van der Waals surface area contributed by atoms with E-state index in [1.165, 1.54) is 12.1 Å². The summed E-state index contributed by atoms with van der Waals surface area (Å²) in [6.45, 7) is 7.54. The van der Waals surface area contributed by atoms with Crippen LogP contribution in [0, 0.1) is 51.0 Å². The molecule has 0 unspecified atom stereocenters. The number of benzene rings is 10. The van der Waals surface area contributed by atoms with Gasteiger partial charge < -0.3 is 80.3 Å². The zero-order valence-electron chi connectivity index (χ0n) is 50.4. The summed E-state index contributed by atoms with van der Waals surface area (Å²) in [5.41, 5.74) is 87.0. The maximum absolute atomic E-state index is 12.4. The Balaban J connectivity index is 0.000000236. The Morgan fingerprint density at radius 3 is 1.04 bits per heavy atom. The van der Waals surface area contributed by atoms with Crippen LogP contribution in [0.5, 0.6) is 0 Å². The van der Waals surface area contributed by atoms with Crippen LogP contribution < -0.4 is 80.3 Å². The molecule has 10 aromatic carbocycles. The van der Waals surface area contributed by atoms with Crippen molar-refractivity contribution in [2.45, 2.75) is 40.0 Å². The van der Waals surface area contributed by atoms with E-state index in [2.05, 4.69) is 47.9 Å². The Labute approximate surface area is 555 Å². The highest BCUT2D eigenvalue weighted by atomic mass is 35.5. The lowest BCUT2D eigenvalue weighted by Crippen LogP contribution is -2.10. The first-order valence-corrected chi connectivity index (χ1v) is 28.5. The fourth-order valence-corrected chi connectivity index (χ4v) is 9.02. The molecule has 0 aromatic heterocycles. The van der Waals surface area contributed by atoms with Crippen LogP contribution in [0.15, 0.2) is 158 Å². The predicted octanol–water partition coefficient (Wildman–Crippen LogP) is 17.4. The SMILES string of the molecule is Cc1cc(C)c(N)c(C)c1N.Cc1cc(N)c(C(F)(F)F)cc1N.Nc1c(Cl)c(Cl)c(N)c(Cl)c1Cl.Nc1c(F)c(F)c(N)c(F)c1F.Nc1cc(N)cc(C(F)(F)F)c1.Nc1ccc(N)c(-c2ccccc2)c1.Nc1cccc(-c2cccc(-c3cccc(N)c3)c2)c1. The third-order valence-electron chi connectivity index (χ3n) is 13.3. The van der Waals surface area contributed by atoms with Crippen molar-refractivity contribution in [2.24, 2.45) is 0 Å². The molecule has 0 amide bonds. The van der Waals surface area contributed by atoms with E-state index in [-0.39, 0.29) is 54.2 Å².